The molecule has 1 aromatic rings. The van der Waals surface area contributed by atoms with E-state index in [1.165, 1.54) is 5.56 Å². The van der Waals surface area contributed by atoms with Crippen molar-refractivity contribution >= 4 is 15.9 Å². The Labute approximate surface area is 104 Å². The zero-order chi connectivity index (χ0) is 11.8. The predicted molar refractivity (Wildman–Crippen MR) is 66.0 cm³/mol. The van der Waals surface area contributed by atoms with Crippen molar-refractivity contribution in [3.63, 3.8) is 0 Å². The second-order valence-electron chi connectivity index (χ2n) is 4.82. The normalized spacial score (nSPS) is 18.6. The average molecular weight is 280 g/mol. The molecule has 0 bridgehead atoms. The fraction of sp³-hybridized carbons (Fsp3) is 0.462. The lowest BCUT2D eigenvalue weighted by molar-refractivity contribution is -0.102. The highest BCUT2D eigenvalue weighted by Gasteiger charge is 2.52. The molecule has 2 nitrogen and oxygen atoms in total. The van der Waals surface area contributed by atoms with Crippen molar-refractivity contribution in [3.05, 3.63) is 34.3 Å². The van der Waals surface area contributed by atoms with E-state index in [0.717, 1.165) is 4.47 Å². The van der Waals surface area contributed by atoms with E-state index < -0.39 is 5.41 Å². The molecule has 1 fully saturated rings. The van der Waals surface area contributed by atoms with Crippen LogP contribution >= 0.6 is 15.9 Å². The van der Waals surface area contributed by atoms with Crippen LogP contribution in [0.2, 0.25) is 0 Å². The maximum absolute atomic E-state index is 9.30. The molecule has 0 saturated carbocycles. The minimum absolute atomic E-state index is 0.150. The van der Waals surface area contributed by atoms with Gasteiger partial charge in [-0.1, -0.05) is 28.1 Å². The fourth-order valence-electron chi connectivity index (χ4n) is 2.07. The first kappa shape index (κ1) is 11.6. The quantitative estimate of drug-likeness (QED) is 0.833. The molecule has 0 aromatic heterocycles. The van der Waals surface area contributed by atoms with Crippen LogP contribution in [-0.2, 0) is 10.2 Å². The number of rotatable bonds is 2. The highest BCUT2D eigenvalue weighted by molar-refractivity contribution is 9.10. The molecule has 1 heterocycles. The van der Waals surface area contributed by atoms with Gasteiger partial charge in [0.25, 0.3) is 0 Å². The van der Waals surface area contributed by atoms with Gasteiger partial charge in [0.05, 0.1) is 30.1 Å². The van der Waals surface area contributed by atoms with Crippen molar-refractivity contribution in [1.82, 2.24) is 0 Å². The van der Waals surface area contributed by atoms with Crippen LogP contribution in [0.1, 0.15) is 19.4 Å². The summed E-state index contributed by atoms with van der Waals surface area (Å²) in [6.45, 7) is 5.24. The summed E-state index contributed by atoms with van der Waals surface area (Å²) in [4.78, 5) is 0. The Morgan fingerprint density at radius 2 is 1.88 bits per heavy atom. The van der Waals surface area contributed by atoms with Crippen LogP contribution in [0.15, 0.2) is 28.7 Å². The first-order valence-electron chi connectivity index (χ1n) is 5.27. The molecule has 1 aliphatic rings. The predicted octanol–water partition coefficient (Wildman–Crippen LogP) is 3.27. The Morgan fingerprint density at radius 1 is 1.31 bits per heavy atom. The molecule has 0 N–H and O–H groups in total. The van der Waals surface area contributed by atoms with Crippen molar-refractivity contribution in [1.29, 1.82) is 5.26 Å². The third-order valence-corrected chi connectivity index (χ3v) is 4.10. The van der Waals surface area contributed by atoms with Gasteiger partial charge >= 0.3 is 0 Å². The Balaban J connectivity index is 2.44. The monoisotopic (exact) mass is 279 g/mol. The van der Waals surface area contributed by atoms with Crippen LogP contribution in [0.25, 0.3) is 0 Å². The van der Waals surface area contributed by atoms with Crippen LogP contribution < -0.4 is 0 Å². The van der Waals surface area contributed by atoms with Gasteiger partial charge in [0.1, 0.15) is 0 Å². The van der Waals surface area contributed by atoms with E-state index in [4.69, 9.17) is 4.74 Å². The molecule has 0 radical (unpaired) electrons. The number of benzene rings is 1. The number of nitrogens with zero attached hydrogens (tertiary/aromatic N) is 1. The van der Waals surface area contributed by atoms with E-state index in [-0.39, 0.29) is 5.41 Å². The second kappa shape index (κ2) is 3.87. The fourth-order valence-corrected chi connectivity index (χ4v) is 2.33. The molecule has 0 atom stereocenters. The summed E-state index contributed by atoms with van der Waals surface area (Å²) >= 11 is 3.42. The molecule has 1 aromatic carbocycles. The third-order valence-electron chi connectivity index (χ3n) is 3.57. The summed E-state index contributed by atoms with van der Waals surface area (Å²) in [5.74, 6) is 0. The Bertz CT molecular complexity index is 426. The molecule has 0 unspecified atom stereocenters. The number of nitriles is 1. The number of hydrogen-bond acceptors (Lipinski definition) is 2. The number of halogens is 1. The van der Waals surface area contributed by atoms with Crippen molar-refractivity contribution in [2.24, 2.45) is 5.41 Å². The van der Waals surface area contributed by atoms with E-state index in [0.29, 0.717) is 13.2 Å². The minimum Gasteiger partial charge on any atom is -0.379 e. The van der Waals surface area contributed by atoms with Crippen LogP contribution in [-0.4, -0.2) is 13.2 Å². The van der Waals surface area contributed by atoms with Gasteiger partial charge in [0.2, 0.25) is 0 Å². The molecular weight excluding hydrogens is 266 g/mol. The zero-order valence-electron chi connectivity index (χ0n) is 9.46. The molecule has 2 rings (SSSR count). The smallest absolute Gasteiger partial charge is 0.0695 e. The summed E-state index contributed by atoms with van der Waals surface area (Å²) in [5.41, 5.74) is 0.634. The van der Waals surface area contributed by atoms with Crippen LogP contribution in [0.4, 0.5) is 0 Å². The summed E-state index contributed by atoms with van der Waals surface area (Å²) < 4.78 is 6.41. The topological polar surface area (TPSA) is 33.0 Å². The van der Waals surface area contributed by atoms with Gasteiger partial charge < -0.3 is 4.74 Å². The molecule has 16 heavy (non-hydrogen) atoms. The van der Waals surface area contributed by atoms with Gasteiger partial charge in [-0.05, 0) is 31.5 Å². The van der Waals surface area contributed by atoms with E-state index >= 15 is 0 Å². The molecule has 3 heteroatoms. The standard InChI is InChI=1S/C13H14BrNO/c1-12(2,7-15)13(8-16-9-13)10-3-5-11(14)6-4-10/h3-6H,8-9H2,1-2H3. The van der Waals surface area contributed by atoms with Crippen molar-refractivity contribution in [2.75, 3.05) is 13.2 Å². The summed E-state index contributed by atoms with van der Waals surface area (Å²) in [6.07, 6.45) is 0. The Morgan fingerprint density at radius 3 is 2.25 bits per heavy atom. The summed E-state index contributed by atoms with van der Waals surface area (Å²) in [7, 11) is 0. The lowest BCUT2D eigenvalue weighted by Crippen LogP contribution is -2.56. The number of ether oxygens (including phenoxy) is 1. The van der Waals surface area contributed by atoms with E-state index in [2.05, 4.69) is 34.1 Å². The molecular formula is C13H14BrNO. The zero-order valence-corrected chi connectivity index (χ0v) is 11.0. The van der Waals surface area contributed by atoms with Crippen molar-refractivity contribution in [2.45, 2.75) is 19.3 Å². The van der Waals surface area contributed by atoms with Crippen LogP contribution in [0.3, 0.4) is 0 Å². The lowest BCUT2D eigenvalue weighted by Gasteiger charge is -2.49. The Hall–Kier alpha value is -0.850. The SMILES string of the molecule is CC(C)(C#N)C1(c2ccc(Br)cc2)COC1. The van der Waals surface area contributed by atoms with Gasteiger partial charge in [-0.3, -0.25) is 0 Å². The average Bonchev–Trinajstić information content (AvgIpc) is 2.19. The Kier molecular flexibility index (Phi) is 2.81. The van der Waals surface area contributed by atoms with E-state index in [1.807, 2.05) is 26.0 Å². The molecule has 0 spiro atoms. The molecule has 0 amide bonds. The highest BCUT2D eigenvalue weighted by atomic mass is 79.9. The maximum atomic E-state index is 9.30. The summed E-state index contributed by atoms with van der Waals surface area (Å²) in [5, 5.41) is 9.30. The van der Waals surface area contributed by atoms with Crippen molar-refractivity contribution < 1.29 is 4.74 Å². The van der Waals surface area contributed by atoms with Gasteiger partial charge in [-0.25, -0.2) is 0 Å². The molecule has 0 aliphatic carbocycles. The second-order valence-corrected chi connectivity index (χ2v) is 5.73. The van der Waals surface area contributed by atoms with Gasteiger partial charge in [0, 0.05) is 4.47 Å². The van der Waals surface area contributed by atoms with E-state index in [9.17, 15) is 5.26 Å². The molecule has 1 aliphatic heterocycles. The largest absolute Gasteiger partial charge is 0.379 e. The van der Waals surface area contributed by atoms with Crippen molar-refractivity contribution in [3.8, 4) is 6.07 Å². The first-order chi connectivity index (χ1) is 7.52. The van der Waals surface area contributed by atoms with E-state index in [1.54, 1.807) is 0 Å². The molecule has 84 valence electrons. The first-order valence-corrected chi connectivity index (χ1v) is 6.06. The maximum Gasteiger partial charge on any atom is 0.0695 e. The van der Waals surface area contributed by atoms with Crippen LogP contribution in [0, 0.1) is 16.7 Å². The molecule has 1 saturated heterocycles. The van der Waals surface area contributed by atoms with Gasteiger partial charge in [0.15, 0.2) is 0 Å². The minimum atomic E-state index is -0.404. The lowest BCUT2D eigenvalue weighted by atomic mass is 9.61. The summed E-state index contributed by atoms with van der Waals surface area (Å²) in [6, 6.07) is 10.6. The van der Waals surface area contributed by atoms with Gasteiger partial charge in [-0.15, -0.1) is 0 Å². The highest BCUT2D eigenvalue weighted by Crippen LogP contribution is 2.47. The number of hydrogen-bond donors (Lipinski definition) is 0. The third kappa shape index (κ3) is 1.57. The van der Waals surface area contributed by atoms with Gasteiger partial charge in [-0.2, -0.15) is 5.26 Å². The van der Waals surface area contributed by atoms with Crippen LogP contribution in [0.5, 0.6) is 0 Å².